The average molecular weight is 303 g/mol. The fourth-order valence-corrected chi connectivity index (χ4v) is 2.88. The molecular weight excluding hydrogens is 286 g/mol. The van der Waals surface area contributed by atoms with Crippen LogP contribution in [0.1, 0.15) is 5.56 Å². The fourth-order valence-electron chi connectivity index (χ4n) is 2.88. The van der Waals surface area contributed by atoms with E-state index < -0.39 is 0 Å². The van der Waals surface area contributed by atoms with E-state index in [9.17, 15) is 0 Å². The van der Waals surface area contributed by atoms with E-state index in [1.54, 1.807) is 6.08 Å². The van der Waals surface area contributed by atoms with Gasteiger partial charge in [-0.05, 0) is 24.1 Å². The lowest BCUT2D eigenvalue weighted by Gasteiger charge is -2.15. The van der Waals surface area contributed by atoms with Crippen molar-refractivity contribution in [2.75, 3.05) is 6.61 Å². The molecule has 0 atom stereocenters. The van der Waals surface area contributed by atoms with Gasteiger partial charge in [-0.3, -0.25) is 0 Å². The second-order valence-corrected chi connectivity index (χ2v) is 5.52. The minimum atomic E-state index is 0.490. The van der Waals surface area contributed by atoms with E-state index in [1.165, 1.54) is 11.1 Å². The van der Waals surface area contributed by atoms with Crippen molar-refractivity contribution in [2.24, 2.45) is 0 Å². The third kappa shape index (κ3) is 2.52. The number of aryl methyl sites for hydroxylation is 2. The van der Waals surface area contributed by atoms with Crippen LogP contribution in [0.3, 0.4) is 0 Å². The van der Waals surface area contributed by atoms with Gasteiger partial charge < -0.3 is 4.74 Å². The Kier molecular flexibility index (Phi) is 3.42. The van der Waals surface area contributed by atoms with Crippen LogP contribution in [0, 0.1) is 0 Å². The van der Waals surface area contributed by atoms with Crippen molar-refractivity contribution >= 4 is 0 Å². The van der Waals surface area contributed by atoms with Crippen LogP contribution >= 0.6 is 0 Å². The van der Waals surface area contributed by atoms with E-state index in [2.05, 4.69) is 29.9 Å². The molecule has 0 bridgehead atoms. The highest BCUT2D eigenvalue weighted by atomic mass is 16.5. The van der Waals surface area contributed by atoms with Gasteiger partial charge in [-0.1, -0.05) is 49.1 Å². The Morgan fingerprint density at radius 3 is 3.00 bits per heavy atom. The van der Waals surface area contributed by atoms with Gasteiger partial charge in [0, 0.05) is 17.7 Å². The van der Waals surface area contributed by atoms with E-state index >= 15 is 0 Å². The zero-order valence-corrected chi connectivity index (χ0v) is 12.8. The summed E-state index contributed by atoms with van der Waals surface area (Å²) in [6.45, 7) is 5.03. The summed E-state index contributed by atoms with van der Waals surface area (Å²) in [4.78, 5) is 4.76. The predicted octanol–water partition coefficient (Wildman–Crippen LogP) is 3.73. The molecule has 0 aliphatic carbocycles. The van der Waals surface area contributed by atoms with Crippen LogP contribution in [0.2, 0.25) is 0 Å². The summed E-state index contributed by atoms with van der Waals surface area (Å²) < 4.78 is 7.59. The molecule has 1 aliphatic heterocycles. The lowest BCUT2D eigenvalue weighted by atomic mass is 10.0. The first-order chi connectivity index (χ1) is 11.3. The number of nitrogens with zero attached hydrogens (tertiary/aromatic N) is 3. The van der Waals surface area contributed by atoms with Crippen molar-refractivity contribution in [1.82, 2.24) is 14.8 Å². The molecule has 4 heteroatoms. The van der Waals surface area contributed by atoms with E-state index in [-0.39, 0.29) is 0 Å². The maximum Gasteiger partial charge on any atom is 0.181 e. The zero-order chi connectivity index (χ0) is 15.6. The van der Waals surface area contributed by atoms with Crippen LogP contribution in [0.4, 0.5) is 0 Å². The monoisotopic (exact) mass is 303 g/mol. The Morgan fingerprint density at radius 2 is 2.09 bits per heavy atom. The molecule has 0 spiro atoms. The molecule has 1 aliphatic rings. The van der Waals surface area contributed by atoms with E-state index in [0.717, 1.165) is 35.9 Å². The molecule has 23 heavy (non-hydrogen) atoms. The number of rotatable bonds is 4. The van der Waals surface area contributed by atoms with Crippen LogP contribution in [0.25, 0.3) is 22.8 Å². The summed E-state index contributed by atoms with van der Waals surface area (Å²) in [7, 11) is 0. The number of benzene rings is 2. The average Bonchev–Trinajstić information content (AvgIpc) is 3.05. The molecule has 0 saturated heterocycles. The highest BCUT2D eigenvalue weighted by Gasteiger charge is 2.20. The lowest BCUT2D eigenvalue weighted by molar-refractivity contribution is 0.363. The summed E-state index contributed by atoms with van der Waals surface area (Å²) in [6, 6.07) is 16.3. The van der Waals surface area contributed by atoms with Gasteiger partial charge in [0.25, 0.3) is 0 Å². The van der Waals surface area contributed by atoms with E-state index in [1.807, 2.05) is 35.0 Å². The molecule has 0 saturated carbocycles. The highest BCUT2D eigenvalue weighted by molar-refractivity contribution is 5.66. The van der Waals surface area contributed by atoms with Crippen LogP contribution in [-0.4, -0.2) is 21.4 Å². The first-order valence-electron chi connectivity index (χ1n) is 7.72. The largest absolute Gasteiger partial charge is 0.490 e. The standard InChI is InChI=1S/C19H17N3O/c1-2-12-23-16-8-5-7-15(13-16)18-20-19-17-9-4-3-6-14(17)10-11-22(19)21-18/h2-9,13H,1,10-12H2. The maximum atomic E-state index is 5.60. The third-order valence-electron chi connectivity index (χ3n) is 3.98. The fraction of sp³-hybridized carbons (Fsp3) is 0.158. The molecule has 0 unspecified atom stereocenters. The quantitative estimate of drug-likeness (QED) is 0.689. The molecule has 0 fully saturated rings. The van der Waals surface area contributed by atoms with Crippen molar-refractivity contribution in [2.45, 2.75) is 13.0 Å². The molecule has 2 heterocycles. The molecule has 0 N–H and O–H groups in total. The van der Waals surface area contributed by atoms with Gasteiger partial charge in [-0.2, -0.15) is 5.10 Å². The lowest BCUT2D eigenvalue weighted by Crippen LogP contribution is -2.11. The predicted molar refractivity (Wildman–Crippen MR) is 90.3 cm³/mol. The van der Waals surface area contributed by atoms with Gasteiger partial charge in [0.1, 0.15) is 12.4 Å². The third-order valence-corrected chi connectivity index (χ3v) is 3.98. The van der Waals surface area contributed by atoms with Gasteiger partial charge in [-0.25, -0.2) is 9.67 Å². The molecule has 0 radical (unpaired) electrons. The molecule has 2 aromatic carbocycles. The number of ether oxygens (including phenoxy) is 1. The molecule has 4 rings (SSSR count). The van der Waals surface area contributed by atoms with Crippen molar-refractivity contribution < 1.29 is 4.74 Å². The topological polar surface area (TPSA) is 39.9 Å². The number of hydrogen-bond acceptors (Lipinski definition) is 3. The molecule has 3 aromatic rings. The van der Waals surface area contributed by atoms with Gasteiger partial charge in [0.2, 0.25) is 0 Å². The van der Waals surface area contributed by atoms with Gasteiger partial charge >= 0.3 is 0 Å². The van der Waals surface area contributed by atoms with Crippen LogP contribution in [0.15, 0.2) is 61.2 Å². The smallest absolute Gasteiger partial charge is 0.181 e. The van der Waals surface area contributed by atoms with E-state index in [0.29, 0.717) is 6.61 Å². The van der Waals surface area contributed by atoms with Crippen molar-refractivity contribution in [1.29, 1.82) is 0 Å². The SMILES string of the molecule is C=CCOc1cccc(-c2nc3n(n2)CCc2ccccc2-3)c1. The second kappa shape index (κ2) is 5.72. The van der Waals surface area contributed by atoms with Gasteiger partial charge in [0.15, 0.2) is 11.6 Å². The maximum absolute atomic E-state index is 5.60. The molecule has 0 amide bonds. The minimum Gasteiger partial charge on any atom is -0.490 e. The second-order valence-electron chi connectivity index (χ2n) is 5.52. The van der Waals surface area contributed by atoms with Gasteiger partial charge in [-0.15, -0.1) is 0 Å². The normalized spacial score (nSPS) is 12.3. The van der Waals surface area contributed by atoms with Crippen molar-refractivity contribution in [3.05, 3.63) is 66.7 Å². The highest BCUT2D eigenvalue weighted by Crippen LogP contribution is 2.30. The molecule has 1 aromatic heterocycles. The Hall–Kier alpha value is -2.88. The van der Waals surface area contributed by atoms with Crippen LogP contribution in [-0.2, 0) is 13.0 Å². The molecule has 114 valence electrons. The number of fused-ring (bicyclic) bond motifs is 3. The first-order valence-corrected chi connectivity index (χ1v) is 7.72. The van der Waals surface area contributed by atoms with Crippen molar-refractivity contribution in [3.8, 4) is 28.5 Å². The minimum absolute atomic E-state index is 0.490. The Morgan fingerprint density at radius 1 is 1.17 bits per heavy atom. The van der Waals surface area contributed by atoms with Gasteiger partial charge in [0.05, 0.1) is 0 Å². The Bertz CT molecular complexity index is 867. The molecular formula is C19H17N3O. The Labute approximate surface area is 135 Å². The summed E-state index contributed by atoms with van der Waals surface area (Å²) in [6.07, 6.45) is 2.73. The number of hydrogen-bond donors (Lipinski definition) is 0. The Balaban J connectivity index is 1.73. The summed E-state index contributed by atoms with van der Waals surface area (Å²) in [5.41, 5.74) is 3.48. The summed E-state index contributed by atoms with van der Waals surface area (Å²) in [5.74, 6) is 2.48. The zero-order valence-electron chi connectivity index (χ0n) is 12.8. The first kappa shape index (κ1) is 13.8. The molecule has 4 nitrogen and oxygen atoms in total. The van der Waals surface area contributed by atoms with Crippen LogP contribution in [0.5, 0.6) is 5.75 Å². The summed E-state index contributed by atoms with van der Waals surface area (Å²) >= 11 is 0. The van der Waals surface area contributed by atoms with Crippen LogP contribution < -0.4 is 4.74 Å². The summed E-state index contributed by atoms with van der Waals surface area (Å²) in [5, 5.41) is 4.67. The van der Waals surface area contributed by atoms with Crippen molar-refractivity contribution in [3.63, 3.8) is 0 Å². The van der Waals surface area contributed by atoms with E-state index in [4.69, 9.17) is 9.72 Å². The number of aromatic nitrogens is 3.